The molecule has 2 rings (SSSR count). The smallest absolute Gasteiger partial charge is 0.312 e. The molecule has 0 spiro atoms. The van der Waals surface area contributed by atoms with Crippen LogP contribution in [0.25, 0.3) is 10.8 Å². The molecule has 98 valence electrons. The van der Waals surface area contributed by atoms with Crippen LogP contribution in [0.15, 0.2) is 36.4 Å². The van der Waals surface area contributed by atoms with E-state index < -0.39 is 18.3 Å². The first kappa shape index (κ1) is 12.9. The number of methoxy groups -OCH3 is 1. The van der Waals surface area contributed by atoms with E-state index in [1.165, 1.54) is 0 Å². The number of hydrogen-bond donors (Lipinski definition) is 2. The van der Waals surface area contributed by atoms with Crippen LogP contribution in [0.3, 0.4) is 0 Å². The van der Waals surface area contributed by atoms with Gasteiger partial charge in [-0.3, -0.25) is 9.59 Å². The van der Waals surface area contributed by atoms with Crippen molar-refractivity contribution in [2.75, 3.05) is 12.4 Å². The predicted molar refractivity (Wildman–Crippen MR) is 71.4 cm³/mol. The van der Waals surface area contributed by atoms with E-state index in [4.69, 9.17) is 9.84 Å². The zero-order chi connectivity index (χ0) is 13.8. The first-order valence-electron chi connectivity index (χ1n) is 5.68. The minimum absolute atomic E-state index is 0.541. The second kappa shape index (κ2) is 5.39. The minimum Gasteiger partial charge on any atom is -0.497 e. The van der Waals surface area contributed by atoms with Gasteiger partial charge in [-0.2, -0.15) is 0 Å². The van der Waals surface area contributed by atoms with Crippen molar-refractivity contribution in [1.29, 1.82) is 0 Å². The fourth-order valence-electron chi connectivity index (χ4n) is 1.77. The van der Waals surface area contributed by atoms with Gasteiger partial charge in [0.1, 0.15) is 12.2 Å². The van der Waals surface area contributed by atoms with Gasteiger partial charge in [-0.1, -0.05) is 12.1 Å². The van der Waals surface area contributed by atoms with E-state index in [0.29, 0.717) is 5.69 Å². The monoisotopic (exact) mass is 259 g/mol. The number of carboxylic acids is 1. The summed E-state index contributed by atoms with van der Waals surface area (Å²) in [7, 11) is 1.60. The standard InChI is InChI=1S/C14H13NO4/c1-19-12-5-3-9-6-11(4-2-10(9)7-12)15-13(16)8-14(17)18/h2-7H,8H2,1H3,(H,15,16)(H,17,18). The van der Waals surface area contributed by atoms with Crippen LogP contribution < -0.4 is 10.1 Å². The number of benzene rings is 2. The molecule has 0 unspecified atom stereocenters. The molecule has 0 aliphatic rings. The largest absolute Gasteiger partial charge is 0.497 e. The van der Waals surface area contributed by atoms with Gasteiger partial charge in [-0.15, -0.1) is 0 Å². The highest BCUT2D eigenvalue weighted by Crippen LogP contribution is 2.23. The van der Waals surface area contributed by atoms with Crippen LogP contribution in [0.4, 0.5) is 5.69 Å². The van der Waals surface area contributed by atoms with E-state index in [9.17, 15) is 9.59 Å². The number of ether oxygens (including phenoxy) is 1. The van der Waals surface area contributed by atoms with Gasteiger partial charge in [0.05, 0.1) is 7.11 Å². The van der Waals surface area contributed by atoms with Crippen LogP contribution >= 0.6 is 0 Å². The Labute approximate surface area is 109 Å². The van der Waals surface area contributed by atoms with Crippen molar-refractivity contribution in [1.82, 2.24) is 0 Å². The lowest BCUT2D eigenvalue weighted by Crippen LogP contribution is -2.15. The average Bonchev–Trinajstić information content (AvgIpc) is 2.37. The first-order valence-corrected chi connectivity index (χ1v) is 5.68. The minimum atomic E-state index is -1.15. The van der Waals surface area contributed by atoms with Crippen molar-refractivity contribution < 1.29 is 19.4 Å². The highest BCUT2D eigenvalue weighted by atomic mass is 16.5. The van der Waals surface area contributed by atoms with Crippen LogP contribution in [-0.2, 0) is 9.59 Å². The quantitative estimate of drug-likeness (QED) is 0.826. The Morgan fingerprint density at radius 1 is 1.16 bits per heavy atom. The number of carboxylic acid groups (broad SMARTS) is 1. The highest BCUT2D eigenvalue weighted by Gasteiger charge is 2.08. The Morgan fingerprint density at radius 2 is 1.84 bits per heavy atom. The normalized spacial score (nSPS) is 10.2. The van der Waals surface area contributed by atoms with Crippen LogP contribution in [0.1, 0.15) is 6.42 Å². The number of hydrogen-bond acceptors (Lipinski definition) is 3. The molecule has 0 fully saturated rings. The third-order valence-corrected chi connectivity index (χ3v) is 2.64. The second-order valence-corrected chi connectivity index (χ2v) is 4.05. The van der Waals surface area contributed by atoms with Gasteiger partial charge in [0.2, 0.25) is 5.91 Å². The van der Waals surface area contributed by atoms with E-state index in [0.717, 1.165) is 16.5 Å². The Bertz CT molecular complexity index is 636. The maximum atomic E-state index is 11.3. The fraction of sp³-hybridized carbons (Fsp3) is 0.143. The molecule has 19 heavy (non-hydrogen) atoms. The lowest BCUT2D eigenvalue weighted by Gasteiger charge is -2.06. The number of nitrogens with one attached hydrogen (secondary N) is 1. The summed E-state index contributed by atoms with van der Waals surface area (Å²) < 4.78 is 5.13. The highest BCUT2D eigenvalue weighted by molar-refractivity contribution is 6.02. The van der Waals surface area contributed by atoms with Crippen molar-refractivity contribution >= 4 is 28.3 Å². The molecule has 0 heterocycles. The molecule has 0 aliphatic carbocycles. The zero-order valence-electron chi connectivity index (χ0n) is 10.3. The molecular weight excluding hydrogens is 246 g/mol. The van der Waals surface area contributed by atoms with E-state index in [-0.39, 0.29) is 0 Å². The SMILES string of the molecule is COc1ccc2cc(NC(=O)CC(=O)O)ccc2c1. The number of anilines is 1. The summed E-state index contributed by atoms with van der Waals surface area (Å²) in [6.07, 6.45) is -0.541. The van der Waals surface area contributed by atoms with Crippen molar-refractivity contribution in [2.24, 2.45) is 0 Å². The molecule has 1 amide bonds. The predicted octanol–water partition coefficient (Wildman–Crippen LogP) is 2.26. The van der Waals surface area contributed by atoms with Crippen molar-refractivity contribution in [3.63, 3.8) is 0 Å². The Balaban J connectivity index is 2.22. The molecule has 0 radical (unpaired) electrons. The fourth-order valence-corrected chi connectivity index (χ4v) is 1.77. The lowest BCUT2D eigenvalue weighted by atomic mass is 10.1. The summed E-state index contributed by atoms with van der Waals surface area (Å²) in [6, 6.07) is 10.9. The van der Waals surface area contributed by atoms with E-state index in [2.05, 4.69) is 5.32 Å². The summed E-state index contributed by atoms with van der Waals surface area (Å²) in [5.41, 5.74) is 0.573. The number of carbonyl (C=O) groups is 2. The molecule has 2 aromatic rings. The first-order chi connectivity index (χ1) is 9.08. The number of fused-ring (bicyclic) bond motifs is 1. The Kier molecular flexibility index (Phi) is 3.66. The molecule has 0 aliphatic heterocycles. The molecule has 2 N–H and O–H groups in total. The van der Waals surface area contributed by atoms with Gasteiger partial charge in [0, 0.05) is 5.69 Å². The molecular formula is C14H13NO4. The van der Waals surface area contributed by atoms with Gasteiger partial charge in [0.15, 0.2) is 0 Å². The summed E-state index contributed by atoms with van der Waals surface area (Å²) in [5.74, 6) is -0.932. The van der Waals surface area contributed by atoms with Gasteiger partial charge in [0.25, 0.3) is 0 Å². The molecule has 0 saturated heterocycles. The van der Waals surface area contributed by atoms with E-state index in [1.54, 1.807) is 19.2 Å². The van der Waals surface area contributed by atoms with Crippen LogP contribution in [0.5, 0.6) is 5.75 Å². The van der Waals surface area contributed by atoms with E-state index >= 15 is 0 Å². The summed E-state index contributed by atoms with van der Waals surface area (Å²) in [6.45, 7) is 0. The van der Waals surface area contributed by atoms with Gasteiger partial charge in [-0.05, 0) is 35.0 Å². The topological polar surface area (TPSA) is 75.6 Å². The zero-order valence-corrected chi connectivity index (χ0v) is 10.3. The maximum absolute atomic E-state index is 11.3. The Hall–Kier alpha value is -2.56. The third-order valence-electron chi connectivity index (χ3n) is 2.64. The molecule has 2 aromatic carbocycles. The number of amides is 1. The van der Waals surface area contributed by atoms with E-state index in [1.807, 2.05) is 24.3 Å². The van der Waals surface area contributed by atoms with Crippen LogP contribution in [-0.4, -0.2) is 24.1 Å². The number of carbonyl (C=O) groups excluding carboxylic acids is 1. The summed E-state index contributed by atoms with van der Waals surface area (Å²) in [4.78, 5) is 21.8. The van der Waals surface area contributed by atoms with Gasteiger partial charge in [-0.25, -0.2) is 0 Å². The average molecular weight is 259 g/mol. The van der Waals surface area contributed by atoms with Crippen molar-refractivity contribution in [2.45, 2.75) is 6.42 Å². The molecule has 0 aromatic heterocycles. The second-order valence-electron chi connectivity index (χ2n) is 4.05. The molecule has 0 atom stereocenters. The number of rotatable bonds is 4. The molecule has 0 bridgehead atoms. The molecule has 5 nitrogen and oxygen atoms in total. The molecule has 5 heteroatoms. The van der Waals surface area contributed by atoms with Gasteiger partial charge >= 0.3 is 5.97 Å². The summed E-state index contributed by atoms with van der Waals surface area (Å²) >= 11 is 0. The van der Waals surface area contributed by atoms with Crippen molar-refractivity contribution in [3.05, 3.63) is 36.4 Å². The lowest BCUT2D eigenvalue weighted by molar-refractivity contribution is -0.139. The van der Waals surface area contributed by atoms with Crippen LogP contribution in [0, 0.1) is 0 Å². The van der Waals surface area contributed by atoms with Crippen LogP contribution in [0.2, 0.25) is 0 Å². The van der Waals surface area contributed by atoms with Crippen molar-refractivity contribution in [3.8, 4) is 5.75 Å². The van der Waals surface area contributed by atoms with Gasteiger partial charge < -0.3 is 15.2 Å². The maximum Gasteiger partial charge on any atom is 0.312 e. The number of aliphatic carboxylic acids is 1. The molecule has 0 saturated carbocycles. The Morgan fingerprint density at radius 3 is 2.53 bits per heavy atom. The third kappa shape index (κ3) is 3.22. The summed E-state index contributed by atoms with van der Waals surface area (Å²) in [5, 5.41) is 13.0.